The van der Waals surface area contributed by atoms with Gasteiger partial charge in [0.25, 0.3) is 5.91 Å². The van der Waals surface area contributed by atoms with Crippen LogP contribution in [0.4, 0.5) is 5.69 Å². The number of anilines is 1. The van der Waals surface area contributed by atoms with Gasteiger partial charge >= 0.3 is 5.97 Å². The number of ether oxygens (including phenoxy) is 1. The van der Waals surface area contributed by atoms with Gasteiger partial charge in [-0.25, -0.2) is 4.79 Å². The van der Waals surface area contributed by atoms with Crippen LogP contribution in [0.5, 0.6) is 0 Å². The molecule has 0 radical (unpaired) electrons. The van der Waals surface area contributed by atoms with Crippen LogP contribution in [0.15, 0.2) is 84.9 Å². The molecule has 170 valence electrons. The Morgan fingerprint density at radius 2 is 1.74 bits per heavy atom. The molecular weight excluding hydrogens is 566 g/mol. The summed E-state index contributed by atoms with van der Waals surface area (Å²) in [7, 11) is 0. The zero-order valence-electron chi connectivity index (χ0n) is 17.9. The lowest BCUT2D eigenvalue weighted by Gasteiger charge is -2.25. The number of halogens is 2. The van der Waals surface area contributed by atoms with Crippen molar-refractivity contribution in [3.8, 4) is 0 Å². The normalized spacial score (nSPS) is 15.0. The third kappa shape index (κ3) is 3.76. The average molecular weight is 583 g/mol. The van der Waals surface area contributed by atoms with Crippen LogP contribution in [0.25, 0.3) is 11.0 Å². The predicted molar refractivity (Wildman–Crippen MR) is 135 cm³/mol. The van der Waals surface area contributed by atoms with Gasteiger partial charge in [0.2, 0.25) is 5.76 Å². The summed E-state index contributed by atoms with van der Waals surface area (Å²) in [5.74, 6) is -0.854. The molecule has 1 unspecified atom stereocenters. The summed E-state index contributed by atoms with van der Waals surface area (Å²) in [6.07, 6.45) is 0. The number of benzene rings is 3. The summed E-state index contributed by atoms with van der Waals surface area (Å²) in [4.78, 5) is 40.9. The lowest BCUT2D eigenvalue weighted by atomic mass is 9.98. The molecule has 6 nitrogen and oxygen atoms in total. The third-order valence-corrected chi connectivity index (χ3v) is 6.64. The summed E-state index contributed by atoms with van der Waals surface area (Å²) in [6, 6.07) is 18.4. The Kier molecular flexibility index (Phi) is 5.87. The van der Waals surface area contributed by atoms with E-state index in [2.05, 4.69) is 31.9 Å². The number of carbonyl (C=O) groups excluding carboxylic acids is 2. The minimum Gasteiger partial charge on any atom is -0.462 e. The quantitative estimate of drug-likeness (QED) is 0.266. The first-order chi connectivity index (χ1) is 16.4. The van der Waals surface area contributed by atoms with Crippen molar-refractivity contribution < 1.29 is 18.7 Å². The van der Waals surface area contributed by atoms with Crippen molar-refractivity contribution in [3.05, 3.63) is 108 Å². The van der Waals surface area contributed by atoms with Crippen molar-refractivity contribution in [2.45, 2.75) is 13.0 Å². The Labute approximate surface area is 211 Å². The Balaban J connectivity index is 1.71. The van der Waals surface area contributed by atoms with Gasteiger partial charge in [-0.3, -0.25) is 14.5 Å². The molecule has 0 saturated carbocycles. The van der Waals surface area contributed by atoms with Crippen molar-refractivity contribution in [2.24, 2.45) is 0 Å². The van der Waals surface area contributed by atoms with E-state index in [1.165, 1.54) is 4.90 Å². The molecular formula is C26H17Br2NO5. The molecule has 1 amide bonds. The molecule has 4 aromatic rings. The van der Waals surface area contributed by atoms with Crippen LogP contribution in [-0.4, -0.2) is 18.5 Å². The van der Waals surface area contributed by atoms with Crippen LogP contribution in [0.1, 0.15) is 45.0 Å². The number of fused-ring (bicyclic) bond motifs is 2. The maximum Gasteiger partial charge on any atom is 0.338 e. The SMILES string of the molecule is CCOC(=O)c1ccc(N2C(=O)c3oc4ccc(Br)cc4c(=O)c3C2c2cccc(Br)c2)cc1. The van der Waals surface area contributed by atoms with E-state index >= 15 is 0 Å². The van der Waals surface area contributed by atoms with Crippen molar-refractivity contribution in [2.75, 3.05) is 11.5 Å². The van der Waals surface area contributed by atoms with Crippen LogP contribution >= 0.6 is 31.9 Å². The second kappa shape index (κ2) is 8.85. The lowest BCUT2D eigenvalue weighted by molar-refractivity contribution is 0.0526. The van der Waals surface area contributed by atoms with Gasteiger partial charge in [-0.15, -0.1) is 0 Å². The van der Waals surface area contributed by atoms with Crippen molar-refractivity contribution in [1.82, 2.24) is 0 Å². The van der Waals surface area contributed by atoms with Gasteiger partial charge in [-0.2, -0.15) is 0 Å². The number of hydrogen-bond donors (Lipinski definition) is 0. The monoisotopic (exact) mass is 581 g/mol. The van der Waals surface area contributed by atoms with Crippen molar-refractivity contribution in [1.29, 1.82) is 0 Å². The van der Waals surface area contributed by atoms with Crippen LogP contribution in [0, 0.1) is 0 Å². The molecule has 1 aromatic heterocycles. The number of nitrogens with zero attached hydrogens (tertiary/aromatic N) is 1. The summed E-state index contributed by atoms with van der Waals surface area (Å²) in [5, 5.41) is 0.389. The fraction of sp³-hybridized carbons (Fsp3) is 0.115. The highest BCUT2D eigenvalue weighted by atomic mass is 79.9. The fourth-order valence-electron chi connectivity index (χ4n) is 4.18. The summed E-state index contributed by atoms with van der Waals surface area (Å²) in [5.41, 5.74) is 2.01. The van der Waals surface area contributed by atoms with E-state index < -0.39 is 17.9 Å². The molecule has 34 heavy (non-hydrogen) atoms. The number of esters is 1. The highest BCUT2D eigenvalue weighted by Crippen LogP contribution is 2.42. The molecule has 0 spiro atoms. The third-order valence-electron chi connectivity index (χ3n) is 5.65. The molecule has 8 heteroatoms. The molecule has 0 fully saturated rings. The highest BCUT2D eigenvalue weighted by Gasteiger charge is 2.43. The van der Waals surface area contributed by atoms with E-state index in [4.69, 9.17) is 9.15 Å². The topological polar surface area (TPSA) is 76.8 Å². The fourth-order valence-corrected chi connectivity index (χ4v) is 4.95. The molecule has 0 saturated heterocycles. The van der Waals surface area contributed by atoms with Gasteiger partial charge < -0.3 is 9.15 Å². The molecule has 0 bridgehead atoms. The number of rotatable bonds is 4. The van der Waals surface area contributed by atoms with Gasteiger partial charge in [0.15, 0.2) is 5.43 Å². The standard InChI is InChI=1S/C26H17Br2NO5/c1-2-33-26(32)14-6-9-18(10-7-14)29-22(15-4-3-5-16(27)12-15)21-23(30)19-13-17(28)8-11-20(19)34-24(21)25(29)31/h3-13,22H,2H2,1H3. The first-order valence-electron chi connectivity index (χ1n) is 10.5. The van der Waals surface area contributed by atoms with Gasteiger partial charge in [0.1, 0.15) is 5.58 Å². The van der Waals surface area contributed by atoms with E-state index in [0.29, 0.717) is 22.2 Å². The van der Waals surface area contributed by atoms with Crippen molar-refractivity contribution >= 4 is 60.4 Å². The molecule has 0 aliphatic carbocycles. The first-order valence-corrected chi connectivity index (χ1v) is 12.1. The smallest absolute Gasteiger partial charge is 0.338 e. The molecule has 3 aromatic carbocycles. The second-order valence-electron chi connectivity index (χ2n) is 7.71. The first kappa shape index (κ1) is 22.6. The van der Waals surface area contributed by atoms with Gasteiger partial charge in [-0.1, -0.05) is 44.0 Å². The highest BCUT2D eigenvalue weighted by molar-refractivity contribution is 9.10. The van der Waals surface area contributed by atoms with E-state index in [1.54, 1.807) is 49.4 Å². The molecule has 5 rings (SSSR count). The second-order valence-corrected chi connectivity index (χ2v) is 9.55. The van der Waals surface area contributed by atoms with Crippen LogP contribution < -0.4 is 10.3 Å². The van der Waals surface area contributed by atoms with Gasteiger partial charge in [0, 0.05) is 14.6 Å². The summed E-state index contributed by atoms with van der Waals surface area (Å²) in [6.45, 7) is 2.00. The Hall–Kier alpha value is -3.23. The van der Waals surface area contributed by atoms with Crippen LogP contribution in [0.3, 0.4) is 0 Å². The summed E-state index contributed by atoms with van der Waals surface area (Å²) >= 11 is 6.89. The van der Waals surface area contributed by atoms with E-state index in [9.17, 15) is 14.4 Å². The summed E-state index contributed by atoms with van der Waals surface area (Å²) < 4.78 is 12.6. The zero-order valence-corrected chi connectivity index (χ0v) is 21.1. The van der Waals surface area contributed by atoms with Gasteiger partial charge in [-0.05, 0) is 67.1 Å². The Morgan fingerprint density at radius 1 is 1.00 bits per heavy atom. The molecule has 1 atom stereocenters. The van der Waals surface area contributed by atoms with Gasteiger partial charge in [0.05, 0.1) is 29.2 Å². The van der Waals surface area contributed by atoms with E-state index in [-0.39, 0.29) is 23.4 Å². The van der Waals surface area contributed by atoms with E-state index in [1.807, 2.05) is 24.3 Å². The van der Waals surface area contributed by atoms with Crippen LogP contribution in [-0.2, 0) is 4.74 Å². The predicted octanol–water partition coefficient (Wildman–Crippen LogP) is 6.24. The number of hydrogen-bond acceptors (Lipinski definition) is 5. The maximum absolute atomic E-state index is 13.6. The zero-order chi connectivity index (χ0) is 24.0. The Bertz CT molecular complexity index is 1510. The lowest BCUT2D eigenvalue weighted by Crippen LogP contribution is -2.29. The van der Waals surface area contributed by atoms with E-state index in [0.717, 1.165) is 14.5 Å². The van der Waals surface area contributed by atoms with Crippen molar-refractivity contribution in [3.63, 3.8) is 0 Å². The minimum atomic E-state index is -0.701. The number of amides is 1. The largest absolute Gasteiger partial charge is 0.462 e. The average Bonchev–Trinajstić information content (AvgIpc) is 3.12. The maximum atomic E-state index is 13.6. The number of carbonyl (C=O) groups is 2. The Morgan fingerprint density at radius 3 is 2.44 bits per heavy atom. The molecule has 1 aliphatic rings. The van der Waals surface area contributed by atoms with Crippen LogP contribution in [0.2, 0.25) is 0 Å². The molecule has 0 N–H and O–H groups in total. The minimum absolute atomic E-state index is 0.0132. The molecule has 1 aliphatic heterocycles. The molecule has 2 heterocycles.